The molecule has 0 aliphatic carbocycles. The second-order valence-electron chi connectivity index (χ2n) is 5.98. The minimum atomic E-state index is -0.442. The first-order chi connectivity index (χ1) is 13.1. The molecule has 2 heterocycles. The van der Waals surface area contributed by atoms with E-state index < -0.39 is 5.97 Å². The first-order valence-corrected chi connectivity index (χ1v) is 10.0. The molecule has 0 unspecified atom stereocenters. The predicted molar refractivity (Wildman–Crippen MR) is 108 cm³/mol. The summed E-state index contributed by atoms with van der Waals surface area (Å²) >= 11 is 7.98. The molecule has 1 aliphatic heterocycles. The number of carbonyl (C=O) groups is 2. The highest BCUT2D eigenvalue weighted by atomic mass is 35.5. The molecule has 2 amide bonds. The summed E-state index contributed by atoms with van der Waals surface area (Å²) < 4.78 is 4.69. The van der Waals surface area contributed by atoms with Gasteiger partial charge in [0.25, 0.3) is 0 Å². The van der Waals surface area contributed by atoms with Gasteiger partial charge in [-0.15, -0.1) is 0 Å². The number of anilines is 1. The van der Waals surface area contributed by atoms with Gasteiger partial charge in [-0.05, 0) is 30.3 Å². The maximum atomic E-state index is 13.1. The van der Waals surface area contributed by atoms with E-state index >= 15 is 0 Å². The predicted octanol–water partition coefficient (Wildman–Crippen LogP) is 3.70. The van der Waals surface area contributed by atoms with Gasteiger partial charge in [0.15, 0.2) is 0 Å². The standard InChI is InChI=1S/C19H20ClN3O3S/c1-26-18(24)14-5-6-16(21-12-14)13-23(17-4-2-3-15(20)11-17)19(25)22-7-9-27-10-8-22/h2-6,11-12H,7-10,13H2,1H3. The lowest BCUT2D eigenvalue weighted by Crippen LogP contribution is -2.46. The summed E-state index contributed by atoms with van der Waals surface area (Å²) in [5.74, 6) is 1.42. The van der Waals surface area contributed by atoms with Crippen LogP contribution >= 0.6 is 23.4 Å². The van der Waals surface area contributed by atoms with E-state index in [-0.39, 0.29) is 12.6 Å². The molecule has 0 saturated carbocycles. The summed E-state index contributed by atoms with van der Waals surface area (Å²) in [6.45, 7) is 1.72. The third-order valence-electron chi connectivity index (χ3n) is 4.20. The van der Waals surface area contributed by atoms with Crippen molar-refractivity contribution in [3.63, 3.8) is 0 Å². The smallest absolute Gasteiger partial charge is 0.339 e. The normalized spacial score (nSPS) is 13.9. The Kier molecular flexibility index (Phi) is 6.58. The summed E-state index contributed by atoms with van der Waals surface area (Å²) in [7, 11) is 1.33. The lowest BCUT2D eigenvalue weighted by molar-refractivity contribution is 0.0600. The Morgan fingerprint density at radius 2 is 2.04 bits per heavy atom. The molecule has 0 spiro atoms. The van der Waals surface area contributed by atoms with Gasteiger partial charge in [0.2, 0.25) is 0 Å². The van der Waals surface area contributed by atoms with Crippen LogP contribution in [0.25, 0.3) is 0 Å². The highest BCUT2D eigenvalue weighted by Gasteiger charge is 2.25. The Balaban J connectivity index is 1.85. The molecule has 142 valence electrons. The average Bonchev–Trinajstić information content (AvgIpc) is 2.72. The maximum absolute atomic E-state index is 13.1. The number of rotatable bonds is 4. The van der Waals surface area contributed by atoms with Crippen LogP contribution in [-0.4, -0.2) is 53.6 Å². The van der Waals surface area contributed by atoms with Gasteiger partial charge in [-0.3, -0.25) is 9.88 Å². The fourth-order valence-corrected chi connectivity index (χ4v) is 3.84. The van der Waals surface area contributed by atoms with Crippen LogP contribution < -0.4 is 4.90 Å². The van der Waals surface area contributed by atoms with Crippen LogP contribution in [0.3, 0.4) is 0 Å². The van der Waals surface area contributed by atoms with Crippen LogP contribution in [0, 0.1) is 0 Å². The van der Waals surface area contributed by atoms with Crippen molar-refractivity contribution in [1.82, 2.24) is 9.88 Å². The van der Waals surface area contributed by atoms with Crippen molar-refractivity contribution >= 4 is 41.1 Å². The van der Waals surface area contributed by atoms with E-state index in [1.54, 1.807) is 29.2 Å². The highest BCUT2D eigenvalue weighted by molar-refractivity contribution is 7.99. The number of aromatic nitrogens is 1. The van der Waals surface area contributed by atoms with Crippen molar-refractivity contribution < 1.29 is 14.3 Å². The Labute approximate surface area is 167 Å². The van der Waals surface area contributed by atoms with Gasteiger partial charge in [0.05, 0.1) is 24.9 Å². The Bertz CT molecular complexity index is 810. The lowest BCUT2D eigenvalue weighted by Gasteiger charge is -2.32. The quantitative estimate of drug-likeness (QED) is 0.726. The summed E-state index contributed by atoms with van der Waals surface area (Å²) in [6, 6.07) is 10.5. The fraction of sp³-hybridized carbons (Fsp3) is 0.316. The van der Waals surface area contributed by atoms with E-state index in [0.717, 1.165) is 24.6 Å². The van der Waals surface area contributed by atoms with Gasteiger partial charge in [0, 0.05) is 41.5 Å². The average molecular weight is 406 g/mol. The van der Waals surface area contributed by atoms with E-state index in [9.17, 15) is 9.59 Å². The van der Waals surface area contributed by atoms with E-state index in [4.69, 9.17) is 16.3 Å². The SMILES string of the molecule is COC(=O)c1ccc(CN(C(=O)N2CCSCC2)c2cccc(Cl)c2)nc1. The van der Waals surface area contributed by atoms with Gasteiger partial charge in [0.1, 0.15) is 0 Å². The molecule has 0 bridgehead atoms. The second-order valence-corrected chi connectivity index (χ2v) is 7.64. The highest BCUT2D eigenvalue weighted by Crippen LogP contribution is 2.24. The molecule has 3 rings (SSSR count). The zero-order valence-corrected chi connectivity index (χ0v) is 16.5. The van der Waals surface area contributed by atoms with Crippen molar-refractivity contribution in [2.75, 3.05) is 36.6 Å². The van der Waals surface area contributed by atoms with Crippen LogP contribution in [0.4, 0.5) is 10.5 Å². The van der Waals surface area contributed by atoms with Crippen molar-refractivity contribution in [2.45, 2.75) is 6.54 Å². The first kappa shape index (κ1) is 19.5. The van der Waals surface area contributed by atoms with Crippen molar-refractivity contribution in [1.29, 1.82) is 0 Å². The molecule has 0 atom stereocenters. The Hall–Kier alpha value is -2.25. The number of methoxy groups -OCH3 is 1. The zero-order chi connectivity index (χ0) is 19.2. The molecule has 1 fully saturated rings. The van der Waals surface area contributed by atoms with E-state index in [2.05, 4.69) is 4.98 Å². The number of carbonyl (C=O) groups excluding carboxylic acids is 2. The number of amides is 2. The molecule has 27 heavy (non-hydrogen) atoms. The van der Waals surface area contributed by atoms with Gasteiger partial charge >= 0.3 is 12.0 Å². The number of halogens is 1. The number of nitrogens with zero attached hydrogens (tertiary/aromatic N) is 3. The minimum absolute atomic E-state index is 0.0728. The summed E-state index contributed by atoms with van der Waals surface area (Å²) in [5, 5.41) is 0.563. The fourth-order valence-electron chi connectivity index (χ4n) is 2.76. The van der Waals surface area contributed by atoms with Gasteiger partial charge in [-0.2, -0.15) is 11.8 Å². The first-order valence-electron chi connectivity index (χ1n) is 8.51. The van der Waals surface area contributed by atoms with Crippen molar-refractivity contribution in [3.05, 3.63) is 58.9 Å². The number of hydrogen-bond acceptors (Lipinski definition) is 5. The van der Waals surface area contributed by atoms with Crippen LogP contribution in [-0.2, 0) is 11.3 Å². The molecule has 0 N–H and O–H groups in total. The zero-order valence-electron chi connectivity index (χ0n) is 14.9. The van der Waals surface area contributed by atoms with Crippen molar-refractivity contribution in [2.24, 2.45) is 0 Å². The maximum Gasteiger partial charge on any atom is 0.339 e. The van der Waals surface area contributed by atoms with Crippen LogP contribution in [0.2, 0.25) is 5.02 Å². The van der Waals surface area contributed by atoms with Crippen LogP contribution in [0.15, 0.2) is 42.6 Å². The topological polar surface area (TPSA) is 62.7 Å². The number of ether oxygens (including phenoxy) is 1. The summed E-state index contributed by atoms with van der Waals surface area (Å²) in [6.07, 6.45) is 1.46. The number of hydrogen-bond donors (Lipinski definition) is 0. The number of benzene rings is 1. The molecule has 6 nitrogen and oxygen atoms in total. The molecular formula is C19H20ClN3O3S. The number of thioether (sulfide) groups is 1. The second kappa shape index (κ2) is 9.10. The lowest BCUT2D eigenvalue weighted by atomic mass is 10.2. The Morgan fingerprint density at radius 3 is 2.67 bits per heavy atom. The molecule has 1 aromatic carbocycles. The van der Waals surface area contributed by atoms with Crippen LogP contribution in [0.1, 0.15) is 16.1 Å². The third kappa shape index (κ3) is 4.93. The molecular weight excluding hydrogens is 386 g/mol. The van der Waals surface area contributed by atoms with Crippen molar-refractivity contribution in [3.8, 4) is 0 Å². The van der Waals surface area contributed by atoms with E-state index in [1.807, 2.05) is 28.8 Å². The van der Waals surface area contributed by atoms with Gasteiger partial charge in [-0.1, -0.05) is 17.7 Å². The molecule has 1 saturated heterocycles. The minimum Gasteiger partial charge on any atom is -0.465 e. The van der Waals surface area contributed by atoms with E-state index in [0.29, 0.717) is 22.0 Å². The third-order valence-corrected chi connectivity index (χ3v) is 5.38. The largest absolute Gasteiger partial charge is 0.465 e. The number of esters is 1. The molecule has 8 heteroatoms. The number of pyridine rings is 1. The molecule has 1 aromatic heterocycles. The van der Waals surface area contributed by atoms with Crippen LogP contribution in [0.5, 0.6) is 0 Å². The molecule has 2 aromatic rings. The monoisotopic (exact) mass is 405 g/mol. The van der Waals surface area contributed by atoms with Gasteiger partial charge in [-0.25, -0.2) is 9.59 Å². The summed E-state index contributed by atoms with van der Waals surface area (Å²) in [4.78, 5) is 32.5. The molecule has 0 radical (unpaired) electrons. The van der Waals surface area contributed by atoms with Gasteiger partial charge < -0.3 is 9.64 Å². The number of urea groups is 1. The Morgan fingerprint density at radius 1 is 1.26 bits per heavy atom. The molecule has 1 aliphatic rings. The van der Waals surface area contributed by atoms with E-state index in [1.165, 1.54) is 13.3 Å². The summed E-state index contributed by atoms with van der Waals surface area (Å²) in [5.41, 5.74) is 1.75.